The molecule has 7 nitrogen and oxygen atoms in total. The Morgan fingerprint density at radius 1 is 1.03 bits per heavy atom. The maximum absolute atomic E-state index is 12.7. The summed E-state index contributed by atoms with van der Waals surface area (Å²) in [7, 11) is 0. The Hall–Kier alpha value is -1.89. The van der Waals surface area contributed by atoms with E-state index < -0.39 is 12.0 Å². The zero-order chi connectivity index (χ0) is 25.3. The Balaban J connectivity index is 1.79. The summed E-state index contributed by atoms with van der Waals surface area (Å²) in [5, 5.41) is 0. The second-order valence-corrected chi connectivity index (χ2v) is 10.2. The minimum Gasteiger partial charge on any atom is -0.461 e. The molecule has 200 valence electrons. The van der Waals surface area contributed by atoms with E-state index in [0.29, 0.717) is 12.8 Å². The number of aromatic amines is 1. The van der Waals surface area contributed by atoms with Gasteiger partial charge in [-0.15, -0.1) is 0 Å². The number of ether oxygens (including phenoxy) is 2. The second-order valence-electron chi connectivity index (χ2n) is 10.2. The number of nitrogens with one attached hydrogen (secondary N) is 1. The molecule has 0 bridgehead atoms. The molecule has 1 aliphatic rings. The minimum absolute atomic E-state index is 0.0603. The first-order chi connectivity index (χ1) is 17.0. The second kappa shape index (κ2) is 17.5. The third kappa shape index (κ3) is 11.6. The van der Waals surface area contributed by atoms with Crippen molar-refractivity contribution in [1.82, 2.24) is 9.97 Å². The zero-order valence-electron chi connectivity index (χ0n) is 22.1. The summed E-state index contributed by atoms with van der Waals surface area (Å²) in [5.74, 6) is -0.559. The van der Waals surface area contributed by atoms with Crippen molar-refractivity contribution in [3.05, 3.63) is 18.2 Å². The molecule has 1 saturated heterocycles. The lowest BCUT2D eigenvalue weighted by Crippen LogP contribution is -2.47. The number of esters is 2. The van der Waals surface area contributed by atoms with Crippen LogP contribution in [0.2, 0.25) is 0 Å². The number of hydrogen-bond acceptors (Lipinski definition) is 6. The van der Waals surface area contributed by atoms with Crippen LogP contribution in [0, 0.1) is 5.92 Å². The lowest BCUT2D eigenvalue weighted by molar-refractivity contribution is -0.190. The Morgan fingerprint density at radius 3 is 2.26 bits per heavy atom. The average molecular weight is 492 g/mol. The molecule has 0 amide bonds. The monoisotopic (exact) mass is 491 g/mol. The normalized spacial score (nSPS) is 19.1. The molecule has 35 heavy (non-hydrogen) atoms. The molecule has 1 fully saturated rings. The topological polar surface area (TPSA) is 107 Å². The molecule has 4 atom stereocenters. The standard InChI is InChI=1S/C28H49N3O4/c1-3-5-7-9-10-11-12-13-14-16-23(34-28(33)25(29)18-22-20-30-21-31-22)19-26-24(27(32)35-26)17-15-8-6-4-2/h20-21,23-26H,3-19,29H2,1-2H3,(H,30,31)/t23-,24-,25-,26-/m0/s1. The highest BCUT2D eigenvalue weighted by Crippen LogP contribution is 2.32. The van der Waals surface area contributed by atoms with Crippen molar-refractivity contribution >= 4 is 11.9 Å². The molecular weight excluding hydrogens is 442 g/mol. The van der Waals surface area contributed by atoms with Crippen molar-refractivity contribution in [3.8, 4) is 0 Å². The predicted molar refractivity (Wildman–Crippen MR) is 139 cm³/mol. The van der Waals surface area contributed by atoms with Crippen LogP contribution in [0.15, 0.2) is 12.5 Å². The lowest BCUT2D eigenvalue weighted by Gasteiger charge is -2.37. The van der Waals surface area contributed by atoms with Gasteiger partial charge in [-0.2, -0.15) is 0 Å². The molecule has 2 heterocycles. The van der Waals surface area contributed by atoms with Crippen molar-refractivity contribution in [3.63, 3.8) is 0 Å². The Labute approximate surface area is 212 Å². The molecule has 2 rings (SSSR count). The van der Waals surface area contributed by atoms with Gasteiger partial charge in [0.25, 0.3) is 0 Å². The van der Waals surface area contributed by atoms with Gasteiger partial charge in [-0.05, 0) is 19.3 Å². The number of nitrogens with two attached hydrogens (primary N) is 1. The molecule has 0 spiro atoms. The highest BCUT2D eigenvalue weighted by atomic mass is 16.6. The fourth-order valence-corrected chi connectivity index (χ4v) is 4.84. The summed E-state index contributed by atoms with van der Waals surface area (Å²) in [6.45, 7) is 4.43. The smallest absolute Gasteiger partial charge is 0.323 e. The number of rotatable bonds is 21. The lowest BCUT2D eigenvalue weighted by atomic mass is 9.86. The van der Waals surface area contributed by atoms with E-state index in [0.717, 1.165) is 44.2 Å². The number of hydrogen-bond donors (Lipinski definition) is 2. The summed E-state index contributed by atoms with van der Waals surface area (Å²) in [4.78, 5) is 31.7. The van der Waals surface area contributed by atoms with E-state index in [4.69, 9.17) is 15.2 Å². The number of H-pyrrole nitrogens is 1. The van der Waals surface area contributed by atoms with Gasteiger partial charge in [-0.3, -0.25) is 9.59 Å². The molecule has 0 unspecified atom stereocenters. The van der Waals surface area contributed by atoms with E-state index in [-0.39, 0.29) is 24.1 Å². The highest BCUT2D eigenvalue weighted by Gasteiger charge is 2.43. The van der Waals surface area contributed by atoms with Crippen molar-refractivity contribution in [2.24, 2.45) is 11.7 Å². The van der Waals surface area contributed by atoms with Crippen LogP contribution in [0.4, 0.5) is 0 Å². The molecule has 3 N–H and O–H groups in total. The van der Waals surface area contributed by atoms with E-state index >= 15 is 0 Å². The van der Waals surface area contributed by atoms with Gasteiger partial charge in [-0.1, -0.05) is 90.9 Å². The maximum atomic E-state index is 12.7. The summed E-state index contributed by atoms with van der Waals surface area (Å²) >= 11 is 0. The largest absolute Gasteiger partial charge is 0.461 e. The van der Waals surface area contributed by atoms with Gasteiger partial charge >= 0.3 is 11.9 Å². The Morgan fingerprint density at radius 2 is 1.66 bits per heavy atom. The molecule has 1 aromatic heterocycles. The molecule has 7 heteroatoms. The third-order valence-electron chi connectivity index (χ3n) is 7.09. The van der Waals surface area contributed by atoms with Gasteiger partial charge in [0.15, 0.2) is 0 Å². The first-order valence-corrected chi connectivity index (χ1v) is 14.2. The molecule has 1 aliphatic heterocycles. The number of nitrogens with zero attached hydrogens (tertiary/aromatic N) is 1. The van der Waals surface area contributed by atoms with E-state index in [1.807, 2.05) is 0 Å². The third-order valence-corrected chi connectivity index (χ3v) is 7.09. The maximum Gasteiger partial charge on any atom is 0.323 e. The van der Waals surface area contributed by atoms with Crippen LogP contribution in [0.25, 0.3) is 0 Å². The average Bonchev–Trinajstić information content (AvgIpc) is 3.35. The van der Waals surface area contributed by atoms with Gasteiger partial charge in [0.2, 0.25) is 0 Å². The quantitative estimate of drug-likeness (QED) is 0.161. The molecular formula is C28H49N3O4. The molecule has 0 radical (unpaired) electrons. The van der Waals surface area contributed by atoms with Gasteiger partial charge in [0, 0.05) is 24.7 Å². The van der Waals surface area contributed by atoms with Crippen molar-refractivity contribution < 1.29 is 19.1 Å². The first kappa shape index (κ1) is 29.3. The Bertz CT molecular complexity index is 694. The number of cyclic esters (lactones) is 1. The Kier molecular flexibility index (Phi) is 14.7. The number of unbranched alkanes of at least 4 members (excludes halogenated alkanes) is 11. The highest BCUT2D eigenvalue weighted by molar-refractivity contribution is 5.78. The van der Waals surface area contributed by atoms with Crippen LogP contribution in [0.3, 0.4) is 0 Å². The summed E-state index contributed by atoms with van der Waals surface area (Å²) in [5.41, 5.74) is 6.92. The molecule has 0 saturated carbocycles. The van der Waals surface area contributed by atoms with Crippen molar-refractivity contribution in [2.75, 3.05) is 0 Å². The van der Waals surface area contributed by atoms with Crippen LogP contribution in [0.5, 0.6) is 0 Å². The summed E-state index contributed by atoms with van der Waals surface area (Å²) < 4.78 is 11.4. The van der Waals surface area contributed by atoms with Crippen molar-refractivity contribution in [1.29, 1.82) is 0 Å². The van der Waals surface area contributed by atoms with Crippen LogP contribution in [-0.4, -0.2) is 40.2 Å². The van der Waals surface area contributed by atoms with E-state index in [2.05, 4.69) is 23.8 Å². The van der Waals surface area contributed by atoms with Crippen LogP contribution < -0.4 is 5.73 Å². The summed E-state index contributed by atoms with van der Waals surface area (Å²) in [6.07, 6.45) is 21.2. The van der Waals surface area contributed by atoms with Gasteiger partial charge in [0.1, 0.15) is 18.2 Å². The number of aromatic nitrogens is 2. The van der Waals surface area contributed by atoms with Gasteiger partial charge < -0.3 is 20.2 Å². The van der Waals surface area contributed by atoms with Gasteiger partial charge in [-0.25, -0.2) is 4.98 Å². The molecule has 0 aliphatic carbocycles. The zero-order valence-corrected chi connectivity index (χ0v) is 22.1. The molecule has 1 aromatic rings. The van der Waals surface area contributed by atoms with Crippen LogP contribution in [0.1, 0.15) is 122 Å². The van der Waals surface area contributed by atoms with Gasteiger partial charge in [0.05, 0.1) is 12.2 Å². The van der Waals surface area contributed by atoms with E-state index in [1.54, 1.807) is 12.5 Å². The fourth-order valence-electron chi connectivity index (χ4n) is 4.84. The number of imidazole rings is 1. The molecule has 0 aromatic carbocycles. The minimum atomic E-state index is -0.741. The van der Waals surface area contributed by atoms with Crippen LogP contribution >= 0.6 is 0 Å². The first-order valence-electron chi connectivity index (χ1n) is 14.2. The fraction of sp³-hybridized carbons (Fsp3) is 0.821. The van der Waals surface area contributed by atoms with E-state index in [1.165, 1.54) is 57.8 Å². The van der Waals surface area contributed by atoms with E-state index in [9.17, 15) is 9.59 Å². The number of carbonyl (C=O) groups is 2. The van der Waals surface area contributed by atoms with Crippen LogP contribution in [-0.2, 0) is 25.5 Å². The SMILES string of the molecule is CCCCCCCCCCC[C@@H](C[C@@H]1OC(=O)[C@H]1CCCCCC)OC(=O)[C@@H](N)Cc1cnc[nH]1. The number of carbonyl (C=O) groups excluding carboxylic acids is 2. The summed E-state index contributed by atoms with van der Waals surface area (Å²) in [6, 6.07) is -0.741. The van der Waals surface area contributed by atoms with Crippen molar-refractivity contribution in [2.45, 2.75) is 141 Å². The predicted octanol–water partition coefficient (Wildman–Crippen LogP) is 6.01.